The molecule has 0 unspecified atom stereocenters. The van der Waals surface area contributed by atoms with Gasteiger partial charge in [-0.25, -0.2) is 19.9 Å². The van der Waals surface area contributed by atoms with Gasteiger partial charge in [0.1, 0.15) is 6.26 Å². The molecule has 3 heterocycles. The molecule has 3 rings (SSSR count). The molecule has 0 spiro atoms. The second-order valence-corrected chi connectivity index (χ2v) is 19.4. The second kappa shape index (κ2) is 25.3. The third-order valence-electron chi connectivity index (χ3n) is 4.69. The fourth-order valence-electron chi connectivity index (χ4n) is 3.50. The average molecular weight is 779 g/mol. The zero-order valence-corrected chi connectivity index (χ0v) is 38.5. The van der Waals surface area contributed by atoms with Crippen LogP contribution in [0.2, 0.25) is 0 Å². The van der Waals surface area contributed by atoms with Crippen LogP contribution in [0.4, 0.5) is 17.1 Å². The number of anilines is 3. The highest BCUT2D eigenvalue weighted by molar-refractivity contribution is 7.13. The number of oxazole rings is 1. The fraction of sp³-hybridized carbons (Fsp3) is 0.700. The molecule has 0 atom stereocenters. The molecule has 0 saturated heterocycles. The minimum atomic E-state index is -0.0775. The van der Waals surface area contributed by atoms with E-state index < -0.39 is 0 Å². The first kappa shape index (κ1) is 54.6. The van der Waals surface area contributed by atoms with Crippen LogP contribution in [-0.2, 0) is 9.59 Å². The van der Waals surface area contributed by atoms with Crippen LogP contribution in [0.3, 0.4) is 0 Å². The molecule has 3 aromatic rings. The Morgan fingerprint density at radius 3 is 1.26 bits per heavy atom. The molecule has 0 radical (unpaired) electrons. The lowest BCUT2D eigenvalue weighted by atomic mass is 10.1. The molecule has 0 saturated carbocycles. The molecular weight excluding hydrogens is 701 g/mol. The van der Waals surface area contributed by atoms with Gasteiger partial charge in [-0.05, 0) is 137 Å². The summed E-state index contributed by atoms with van der Waals surface area (Å²) in [6, 6.07) is 2.38. The van der Waals surface area contributed by atoms with Crippen molar-refractivity contribution in [3.05, 3.63) is 42.5 Å². The van der Waals surface area contributed by atoms with Crippen molar-refractivity contribution < 1.29 is 14.0 Å². The first-order valence-corrected chi connectivity index (χ1v) is 19.2. The number of rotatable bonds is 4. The summed E-state index contributed by atoms with van der Waals surface area (Å²) in [5.41, 5.74) is 0.316. The largest absolute Gasteiger partial charge is 0.432 e. The van der Waals surface area contributed by atoms with Crippen LogP contribution in [0.5, 0.6) is 0 Å². The molecule has 0 fully saturated rings. The molecule has 0 aromatic carbocycles. The van der Waals surface area contributed by atoms with Gasteiger partial charge in [-0.2, -0.15) is 0 Å². The maximum atomic E-state index is 10.3. The van der Waals surface area contributed by atoms with Gasteiger partial charge in [0.25, 0.3) is 6.01 Å². The summed E-state index contributed by atoms with van der Waals surface area (Å²) in [6.07, 6.45) is 8.42. The van der Waals surface area contributed by atoms with E-state index in [4.69, 9.17) is 4.42 Å². The predicted molar refractivity (Wildman–Crippen MR) is 231 cm³/mol. The Morgan fingerprint density at radius 2 is 1.02 bits per heavy atom. The number of thiazole rings is 1. The first-order chi connectivity index (χ1) is 24.1. The van der Waals surface area contributed by atoms with E-state index in [-0.39, 0.29) is 39.5 Å². The van der Waals surface area contributed by atoms with Gasteiger partial charge in [-0.1, -0.05) is 6.92 Å². The van der Waals surface area contributed by atoms with Crippen molar-refractivity contribution in [1.82, 2.24) is 35.9 Å². The predicted octanol–water partition coefficient (Wildman–Crippen LogP) is 9.16. The molecule has 6 N–H and O–H groups in total. The van der Waals surface area contributed by atoms with Gasteiger partial charge < -0.3 is 36.3 Å². The number of hydrogen-bond acceptors (Lipinski definition) is 12. The molecule has 3 aromatic heterocycles. The topological polar surface area (TPSA) is 171 Å². The van der Waals surface area contributed by atoms with Gasteiger partial charge in [0, 0.05) is 71.1 Å². The van der Waals surface area contributed by atoms with Crippen LogP contribution >= 0.6 is 11.3 Å². The molecule has 0 aliphatic heterocycles. The lowest BCUT2D eigenvalue weighted by Crippen LogP contribution is -2.38. The Bertz CT molecular complexity index is 1270. The number of nitrogens with zero attached hydrogens (tertiary/aromatic N) is 4. The summed E-state index contributed by atoms with van der Waals surface area (Å²) in [4.78, 5) is 36.8. The maximum Gasteiger partial charge on any atom is 0.294 e. The van der Waals surface area contributed by atoms with Crippen molar-refractivity contribution >= 4 is 40.2 Å². The smallest absolute Gasteiger partial charge is 0.294 e. The van der Waals surface area contributed by atoms with Crippen LogP contribution < -0.4 is 31.9 Å². The van der Waals surface area contributed by atoms with E-state index in [0.717, 1.165) is 11.7 Å². The van der Waals surface area contributed by atoms with E-state index in [1.54, 1.807) is 48.5 Å². The minimum Gasteiger partial charge on any atom is -0.432 e. The summed E-state index contributed by atoms with van der Waals surface area (Å²) < 4.78 is 4.99. The molecule has 54 heavy (non-hydrogen) atoms. The Hall–Kier alpha value is -3.78. The summed E-state index contributed by atoms with van der Waals surface area (Å²) in [7, 11) is 0. The van der Waals surface area contributed by atoms with Crippen molar-refractivity contribution in [1.29, 1.82) is 0 Å². The number of carbonyl (C=O) groups is 2. The van der Waals surface area contributed by atoms with E-state index in [0.29, 0.717) is 17.5 Å². The molecule has 14 heteroatoms. The van der Waals surface area contributed by atoms with Gasteiger partial charge in [-0.3, -0.25) is 9.59 Å². The zero-order chi connectivity index (χ0) is 43.0. The van der Waals surface area contributed by atoms with Gasteiger partial charge in [-0.15, -0.1) is 11.3 Å². The molecule has 0 aliphatic carbocycles. The zero-order valence-electron chi connectivity index (χ0n) is 37.7. The van der Waals surface area contributed by atoms with Crippen molar-refractivity contribution in [3.63, 3.8) is 0 Å². The second-order valence-electron chi connectivity index (χ2n) is 18.5. The standard InChI is InChI=1S/C8H13N3.C7H12N2O.C7H12N2S.2C6H13NO.C6H15N/c1-8(2,3)11-7-9-5-4-6-10-7;2*1-7(2,3)9-6-8-4-5-10-6;2*1-5(8)7-6(2,3)4;1-5-7-6(2,3)4/h4-6H,1-3H3,(H,9,10,11);2*4-5H,1-3H3,(H,8,9);2*1-4H3,(H,7,8);7H,5H2,1-4H3. The lowest BCUT2D eigenvalue weighted by molar-refractivity contribution is -0.121. The monoisotopic (exact) mass is 779 g/mol. The third-order valence-corrected chi connectivity index (χ3v) is 5.38. The van der Waals surface area contributed by atoms with Crippen LogP contribution in [0.25, 0.3) is 0 Å². The van der Waals surface area contributed by atoms with Gasteiger partial charge in [0.15, 0.2) is 5.13 Å². The highest BCUT2D eigenvalue weighted by Crippen LogP contribution is 2.16. The molecule has 0 bridgehead atoms. The first-order valence-electron chi connectivity index (χ1n) is 18.4. The Labute approximate surface area is 332 Å². The highest BCUT2D eigenvalue weighted by Gasteiger charge is 2.12. The maximum absolute atomic E-state index is 10.3. The molecule has 0 aliphatic rings. The Kier molecular flexibility index (Phi) is 25.6. The fourth-order valence-corrected chi connectivity index (χ4v) is 4.23. The Morgan fingerprint density at radius 1 is 0.574 bits per heavy atom. The van der Waals surface area contributed by atoms with E-state index in [9.17, 15) is 9.59 Å². The quantitative estimate of drug-likeness (QED) is 0.149. The van der Waals surface area contributed by atoms with Crippen molar-refractivity contribution in [2.24, 2.45) is 0 Å². The Balaban J connectivity index is -0.000000583. The van der Waals surface area contributed by atoms with Crippen LogP contribution in [0, 0.1) is 0 Å². The van der Waals surface area contributed by atoms with E-state index in [1.165, 1.54) is 13.8 Å². The molecule has 2 amide bonds. The van der Waals surface area contributed by atoms with E-state index in [1.807, 2.05) is 46.9 Å². The van der Waals surface area contributed by atoms with Gasteiger partial charge in [0.05, 0.1) is 6.20 Å². The number of amides is 2. The SMILES string of the molecule is CC(=O)NC(C)(C)C.CC(=O)NC(C)(C)C.CC(C)(C)Nc1ncccn1.CC(C)(C)Nc1ncco1.CC(C)(C)Nc1nccs1.CCNC(C)(C)C. The number of hydrogen-bond donors (Lipinski definition) is 6. The summed E-state index contributed by atoms with van der Waals surface area (Å²) in [5.74, 6) is 0.731. The normalized spacial score (nSPS) is 11.4. The number of aromatic nitrogens is 4. The van der Waals surface area contributed by atoms with Crippen LogP contribution in [0.1, 0.15) is 145 Å². The van der Waals surface area contributed by atoms with Crippen LogP contribution in [-0.4, -0.2) is 71.5 Å². The minimum absolute atomic E-state index is 0.0187. The van der Waals surface area contributed by atoms with Crippen molar-refractivity contribution in [3.8, 4) is 0 Å². The summed E-state index contributed by atoms with van der Waals surface area (Å²) in [5, 5.41) is 21.2. The lowest BCUT2D eigenvalue weighted by Gasteiger charge is -2.19. The average Bonchev–Trinajstić information content (AvgIpc) is 3.59. The number of nitrogens with one attached hydrogen (secondary N) is 6. The van der Waals surface area contributed by atoms with Crippen molar-refractivity contribution in [2.45, 2.75) is 179 Å². The van der Waals surface area contributed by atoms with Gasteiger partial charge >= 0.3 is 0 Å². The molecule has 312 valence electrons. The summed E-state index contributed by atoms with van der Waals surface area (Å²) in [6.45, 7) is 43.2. The highest BCUT2D eigenvalue weighted by atomic mass is 32.1. The van der Waals surface area contributed by atoms with Crippen molar-refractivity contribution in [2.75, 3.05) is 22.5 Å². The van der Waals surface area contributed by atoms with Gasteiger partial charge in [0.2, 0.25) is 17.8 Å². The van der Waals surface area contributed by atoms with E-state index in [2.05, 4.69) is 142 Å². The third kappa shape index (κ3) is 48.2. The summed E-state index contributed by atoms with van der Waals surface area (Å²) >= 11 is 1.63. The molecule has 13 nitrogen and oxygen atoms in total. The molecular formula is C40H78N10O3S. The van der Waals surface area contributed by atoms with E-state index >= 15 is 0 Å². The number of carbonyl (C=O) groups excluding carboxylic acids is 2. The van der Waals surface area contributed by atoms with Crippen LogP contribution in [0.15, 0.2) is 46.9 Å².